The van der Waals surface area contributed by atoms with Gasteiger partial charge in [-0.25, -0.2) is 9.67 Å². The average Bonchev–Trinajstić information content (AvgIpc) is 2.92. The maximum atomic E-state index is 5.97. The van der Waals surface area contributed by atoms with Gasteiger partial charge < -0.3 is 5.73 Å². The van der Waals surface area contributed by atoms with Crippen LogP contribution in [0, 0.1) is 0 Å². The normalized spacial score (nSPS) is 12.7. The molecule has 0 spiro atoms. The molecule has 102 valence electrons. The van der Waals surface area contributed by atoms with Crippen molar-refractivity contribution in [3.63, 3.8) is 0 Å². The molecule has 0 saturated heterocycles. The van der Waals surface area contributed by atoms with E-state index in [1.165, 1.54) is 5.56 Å². The fraction of sp³-hybridized carbons (Fsp3) is 0.250. The van der Waals surface area contributed by atoms with E-state index in [4.69, 9.17) is 5.73 Å². The molecule has 0 bridgehead atoms. The molecule has 2 heterocycles. The molecule has 0 saturated carbocycles. The first-order chi connectivity index (χ1) is 9.78. The molecule has 4 nitrogen and oxygen atoms in total. The van der Waals surface area contributed by atoms with Gasteiger partial charge in [0.1, 0.15) is 0 Å². The third-order valence-corrected chi connectivity index (χ3v) is 3.53. The Labute approximate surface area is 118 Å². The number of nitrogens with zero attached hydrogens (tertiary/aromatic N) is 3. The number of pyridine rings is 1. The summed E-state index contributed by atoms with van der Waals surface area (Å²) >= 11 is 0. The van der Waals surface area contributed by atoms with Crippen LogP contribution in [0.5, 0.6) is 0 Å². The highest BCUT2D eigenvalue weighted by Crippen LogP contribution is 2.16. The van der Waals surface area contributed by atoms with Gasteiger partial charge in [0.25, 0.3) is 0 Å². The molecule has 0 amide bonds. The van der Waals surface area contributed by atoms with Crippen molar-refractivity contribution in [3.05, 3.63) is 54.4 Å². The minimum atomic E-state index is 0.202. The number of aromatic nitrogens is 3. The van der Waals surface area contributed by atoms with E-state index in [1.807, 2.05) is 47.4 Å². The molecule has 0 radical (unpaired) electrons. The van der Waals surface area contributed by atoms with Gasteiger partial charge in [-0.2, -0.15) is 5.10 Å². The van der Waals surface area contributed by atoms with Crippen molar-refractivity contribution in [3.8, 4) is 5.82 Å². The van der Waals surface area contributed by atoms with Crippen LogP contribution in [0.2, 0.25) is 0 Å². The van der Waals surface area contributed by atoms with E-state index >= 15 is 0 Å². The van der Waals surface area contributed by atoms with Crippen LogP contribution in [0.15, 0.2) is 48.8 Å². The molecular weight excluding hydrogens is 248 g/mol. The monoisotopic (exact) mass is 266 g/mol. The van der Waals surface area contributed by atoms with Gasteiger partial charge in [-0.1, -0.05) is 31.2 Å². The fourth-order valence-corrected chi connectivity index (χ4v) is 2.26. The quantitative estimate of drug-likeness (QED) is 0.790. The van der Waals surface area contributed by atoms with Crippen LogP contribution in [-0.4, -0.2) is 20.8 Å². The zero-order valence-electron chi connectivity index (χ0n) is 11.5. The number of nitrogens with two attached hydrogens (primary N) is 1. The minimum Gasteiger partial charge on any atom is -0.327 e. The van der Waals surface area contributed by atoms with Crippen LogP contribution < -0.4 is 5.73 Å². The van der Waals surface area contributed by atoms with E-state index in [0.29, 0.717) is 0 Å². The summed E-state index contributed by atoms with van der Waals surface area (Å²) in [7, 11) is 0. The predicted molar refractivity (Wildman–Crippen MR) is 80.8 cm³/mol. The average molecular weight is 266 g/mol. The second-order valence-corrected chi connectivity index (χ2v) is 5.01. The predicted octanol–water partition coefficient (Wildman–Crippen LogP) is 2.70. The lowest BCUT2D eigenvalue weighted by atomic mass is 10.1. The lowest BCUT2D eigenvalue weighted by Gasteiger charge is -2.09. The molecule has 20 heavy (non-hydrogen) atoms. The number of para-hydroxylation sites is 1. The zero-order chi connectivity index (χ0) is 13.9. The number of rotatable bonds is 4. The van der Waals surface area contributed by atoms with E-state index < -0.39 is 0 Å². The molecule has 1 unspecified atom stereocenters. The van der Waals surface area contributed by atoms with Gasteiger partial charge in [-0.05, 0) is 30.5 Å². The molecule has 1 atom stereocenters. The van der Waals surface area contributed by atoms with Crippen LogP contribution in [0.3, 0.4) is 0 Å². The first kappa shape index (κ1) is 12.8. The van der Waals surface area contributed by atoms with Gasteiger partial charge in [-0.15, -0.1) is 0 Å². The first-order valence-corrected chi connectivity index (χ1v) is 6.91. The van der Waals surface area contributed by atoms with Gasteiger partial charge in [0.15, 0.2) is 5.82 Å². The van der Waals surface area contributed by atoms with E-state index in [9.17, 15) is 0 Å². The number of benzene rings is 1. The second kappa shape index (κ2) is 5.43. The third-order valence-electron chi connectivity index (χ3n) is 3.53. The van der Waals surface area contributed by atoms with Crippen LogP contribution in [0.25, 0.3) is 16.7 Å². The summed E-state index contributed by atoms with van der Waals surface area (Å²) in [6.07, 6.45) is 5.59. The first-order valence-electron chi connectivity index (χ1n) is 6.91. The highest BCUT2D eigenvalue weighted by molar-refractivity contribution is 5.79. The molecule has 4 heteroatoms. The minimum absolute atomic E-state index is 0.202. The van der Waals surface area contributed by atoms with Gasteiger partial charge >= 0.3 is 0 Å². The van der Waals surface area contributed by atoms with Gasteiger partial charge in [-0.3, -0.25) is 0 Å². The Bertz CT molecular complexity index is 700. The Morgan fingerprint density at radius 1 is 1.15 bits per heavy atom. The highest BCUT2D eigenvalue weighted by Gasteiger charge is 2.06. The number of hydrogen-bond donors (Lipinski definition) is 1. The Hall–Kier alpha value is -2.20. The van der Waals surface area contributed by atoms with Crippen molar-refractivity contribution in [1.29, 1.82) is 0 Å². The molecule has 0 aliphatic heterocycles. The van der Waals surface area contributed by atoms with Crippen LogP contribution >= 0.6 is 0 Å². The van der Waals surface area contributed by atoms with Crippen LogP contribution in [0.1, 0.15) is 18.9 Å². The summed E-state index contributed by atoms with van der Waals surface area (Å²) < 4.78 is 1.86. The van der Waals surface area contributed by atoms with Gasteiger partial charge in [0.05, 0.1) is 11.7 Å². The van der Waals surface area contributed by atoms with Crippen LogP contribution in [0.4, 0.5) is 0 Å². The van der Waals surface area contributed by atoms with E-state index in [1.54, 1.807) is 0 Å². The molecule has 3 rings (SSSR count). The summed E-state index contributed by atoms with van der Waals surface area (Å²) in [4.78, 5) is 4.50. The van der Waals surface area contributed by atoms with Crippen LogP contribution in [-0.2, 0) is 6.42 Å². The largest absolute Gasteiger partial charge is 0.327 e. The smallest absolute Gasteiger partial charge is 0.153 e. The molecule has 3 aromatic rings. The molecule has 0 aliphatic rings. The summed E-state index contributed by atoms with van der Waals surface area (Å²) in [5, 5.41) is 5.52. The molecular formula is C16H18N4. The van der Waals surface area contributed by atoms with E-state index in [2.05, 4.69) is 23.1 Å². The molecule has 1 aromatic carbocycles. The highest BCUT2D eigenvalue weighted by atomic mass is 15.3. The lowest BCUT2D eigenvalue weighted by molar-refractivity contribution is 0.644. The van der Waals surface area contributed by atoms with Gasteiger partial charge in [0, 0.05) is 17.6 Å². The zero-order valence-corrected chi connectivity index (χ0v) is 11.5. The van der Waals surface area contributed by atoms with Crippen molar-refractivity contribution in [1.82, 2.24) is 14.8 Å². The Kier molecular flexibility index (Phi) is 3.48. The maximum Gasteiger partial charge on any atom is 0.153 e. The molecule has 0 fully saturated rings. The SMILES string of the molecule is CCC(N)Cc1ccc(-n2ncc3ccccc32)nc1. The van der Waals surface area contributed by atoms with Crippen molar-refractivity contribution in [2.45, 2.75) is 25.8 Å². The van der Waals surface area contributed by atoms with Gasteiger partial charge in [0.2, 0.25) is 0 Å². The lowest BCUT2D eigenvalue weighted by Crippen LogP contribution is -2.21. The van der Waals surface area contributed by atoms with Crippen molar-refractivity contribution >= 4 is 10.9 Å². The second-order valence-electron chi connectivity index (χ2n) is 5.01. The third kappa shape index (κ3) is 2.42. The number of hydrogen-bond acceptors (Lipinski definition) is 3. The molecule has 2 N–H and O–H groups in total. The van der Waals surface area contributed by atoms with Crippen molar-refractivity contribution in [2.75, 3.05) is 0 Å². The standard InChI is InChI=1S/C16H18N4/c1-2-14(17)9-12-7-8-16(18-10-12)20-15-6-4-3-5-13(15)11-19-20/h3-8,10-11,14H,2,9,17H2,1H3. The number of fused-ring (bicyclic) bond motifs is 1. The Morgan fingerprint density at radius 3 is 2.75 bits per heavy atom. The summed E-state index contributed by atoms with van der Waals surface area (Å²) in [6.45, 7) is 2.10. The fourth-order valence-electron chi connectivity index (χ4n) is 2.26. The maximum absolute atomic E-state index is 5.97. The summed E-state index contributed by atoms with van der Waals surface area (Å²) in [5.74, 6) is 0.833. The topological polar surface area (TPSA) is 56.7 Å². The summed E-state index contributed by atoms with van der Waals surface area (Å²) in [6, 6.07) is 12.4. The molecule has 0 aliphatic carbocycles. The Balaban J connectivity index is 1.91. The van der Waals surface area contributed by atoms with Crippen molar-refractivity contribution in [2.24, 2.45) is 5.73 Å². The van der Waals surface area contributed by atoms with Crippen molar-refractivity contribution < 1.29 is 0 Å². The molecule has 2 aromatic heterocycles. The van der Waals surface area contributed by atoms with E-state index in [-0.39, 0.29) is 6.04 Å². The Morgan fingerprint density at radius 2 is 2.00 bits per heavy atom. The summed E-state index contributed by atoms with van der Waals surface area (Å²) in [5.41, 5.74) is 8.20. The van der Waals surface area contributed by atoms with E-state index in [0.717, 1.165) is 29.6 Å².